The first kappa shape index (κ1) is 30.3. The van der Waals surface area contributed by atoms with Crippen molar-refractivity contribution in [1.29, 1.82) is 0 Å². The maximum absolute atomic E-state index is 13.0. The lowest BCUT2D eigenvalue weighted by molar-refractivity contribution is -0.131. The number of nitrogens with zero attached hydrogens (tertiary/aromatic N) is 8. The van der Waals surface area contributed by atoms with Gasteiger partial charge in [-0.05, 0) is 43.2 Å². The Morgan fingerprint density at radius 3 is 2.26 bits per heavy atom. The number of imide groups is 1. The fraction of sp³-hybridized carbons (Fsp3) is 0.382. The summed E-state index contributed by atoms with van der Waals surface area (Å²) < 4.78 is 2.09. The molecular weight excluding hydrogens is 598 g/mol. The summed E-state index contributed by atoms with van der Waals surface area (Å²) in [4.78, 5) is 71.8. The van der Waals surface area contributed by atoms with E-state index >= 15 is 0 Å². The summed E-state index contributed by atoms with van der Waals surface area (Å²) >= 11 is 0. The van der Waals surface area contributed by atoms with E-state index in [1.807, 2.05) is 18.2 Å². The van der Waals surface area contributed by atoms with Crippen molar-refractivity contribution >= 4 is 52.1 Å². The zero-order valence-corrected chi connectivity index (χ0v) is 26.6. The van der Waals surface area contributed by atoms with Crippen LogP contribution in [0.25, 0.3) is 11.0 Å². The third kappa shape index (κ3) is 5.77. The van der Waals surface area contributed by atoms with E-state index in [9.17, 15) is 19.2 Å². The van der Waals surface area contributed by atoms with Crippen LogP contribution in [0.15, 0.2) is 54.9 Å². The molecule has 4 amide bonds. The number of nitrogens with one attached hydrogen (secondary N) is 1. The summed E-state index contributed by atoms with van der Waals surface area (Å²) in [5, 5.41) is 4.04. The first-order chi connectivity index (χ1) is 22.8. The van der Waals surface area contributed by atoms with E-state index in [4.69, 9.17) is 4.98 Å². The SMILES string of the molecule is CN(C)C(=O)c1cc2cnc(Nc3ccc(N4CCN(C(=O)CCN5C(=O)c6ccccc6C5=O)CC4)cn3)nc2n1C1CCCC1. The van der Waals surface area contributed by atoms with E-state index in [2.05, 4.69) is 24.8 Å². The van der Waals surface area contributed by atoms with Crippen molar-refractivity contribution in [2.75, 3.05) is 57.0 Å². The van der Waals surface area contributed by atoms with E-state index in [0.717, 1.165) is 42.4 Å². The highest BCUT2D eigenvalue weighted by atomic mass is 16.2. The molecular formula is C34H37N9O4. The van der Waals surface area contributed by atoms with E-state index < -0.39 is 0 Å². The van der Waals surface area contributed by atoms with Crippen LogP contribution in [-0.4, -0.2) is 105 Å². The van der Waals surface area contributed by atoms with Gasteiger partial charge in [0.1, 0.15) is 17.2 Å². The van der Waals surface area contributed by atoms with Gasteiger partial charge in [0.05, 0.1) is 23.0 Å². The summed E-state index contributed by atoms with van der Waals surface area (Å²) in [6.45, 7) is 2.42. The molecule has 2 fully saturated rings. The second kappa shape index (κ2) is 12.5. The van der Waals surface area contributed by atoms with Crippen LogP contribution in [0.1, 0.15) is 69.4 Å². The van der Waals surface area contributed by atoms with Crippen LogP contribution >= 0.6 is 0 Å². The van der Waals surface area contributed by atoms with Gasteiger partial charge in [0.2, 0.25) is 11.9 Å². The predicted molar refractivity (Wildman–Crippen MR) is 176 cm³/mol. The Bertz CT molecular complexity index is 1820. The number of hydrogen-bond acceptors (Lipinski definition) is 9. The van der Waals surface area contributed by atoms with Crippen LogP contribution in [0.4, 0.5) is 17.5 Å². The maximum atomic E-state index is 13.0. The number of carbonyl (C=O) groups is 4. The van der Waals surface area contributed by atoms with Crippen LogP contribution in [0.3, 0.4) is 0 Å². The Morgan fingerprint density at radius 2 is 1.62 bits per heavy atom. The number of hydrogen-bond donors (Lipinski definition) is 1. The Hall–Kier alpha value is -5.33. The number of aromatic nitrogens is 4. The lowest BCUT2D eigenvalue weighted by Gasteiger charge is -2.36. The van der Waals surface area contributed by atoms with Gasteiger partial charge in [-0.1, -0.05) is 25.0 Å². The molecule has 7 rings (SSSR count). The highest BCUT2D eigenvalue weighted by Gasteiger charge is 2.35. The molecule has 47 heavy (non-hydrogen) atoms. The van der Waals surface area contributed by atoms with E-state index in [-0.39, 0.29) is 42.6 Å². The van der Waals surface area contributed by atoms with Gasteiger partial charge in [-0.25, -0.2) is 9.97 Å². The molecule has 1 saturated carbocycles. The molecule has 0 spiro atoms. The smallest absolute Gasteiger partial charge is 0.270 e. The lowest BCUT2D eigenvalue weighted by atomic mass is 10.1. The average Bonchev–Trinajstić information content (AvgIpc) is 3.81. The normalized spacial score (nSPS) is 16.7. The third-order valence-electron chi connectivity index (χ3n) is 9.30. The molecule has 1 saturated heterocycles. The fourth-order valence-electron chi connectivity index (χ4n) is 6.78. The quantitative estimate of drug-likeness (QED) is 0.287. The van der Waals surface area contributed by atoms with Crippen LogP contribution in [0, 0.1) is 0 Å². The third-order valence-corrected chi connectivity index (χ3v) is 9.30. The largest absolute Gasteiger partial charge is 0.367 e. The van der Waals surface area contributed by atoms with Crippen molar-refractivity contribution in [3.8, 4) is 0 Å². The van der Waals surface area contributed by atoms with Gasteiger partial charge in [-0.2, -0.15) is 4.98 Å². The van der Waals surface area contributed by atoms with Crippen molar-refractivity contribution in [3.05, 3.63) is 71.7 Å². The fourth-order valence-corrected chi connectivity index (χ4v) is 6.78. The maximum Gasteiger partial charge on any atom is 0.270 e. The number of carbonyl (C=O) groups excluding carboxylic acids is 4. The Morgan fingerprint density at radius 1 is 0.915 bits per heavy atom. The minimum atomic E-state index is -0.343. The van der Waals surface area contributed by atoms with Gasteiger partial charge < -0.3 is 24.6 Å². The monoisotopic (exact) mass is 635 g/mol. The molecule has 3 aliphatic rings. The molecule has 0 radical (unpaired) electrons. The number of anilines is 3. The molecule has 0 bridgehead atoms. The highest BCUT2D eigenvalue weighted by molar-refractivity contribution is 6.21. The number of benzene rings is 1. The molecule has 2 aliphatic heterocycles. The number of fused-ring (bicyclic) bond motifs is 2. The number of pyridine rings is 1. The van der Waals surface area contributed by atoms with Crippen molar-refractivity contribution in [2.24, 2.45) is 0 Å². The summed E-state index contributed by atoms with van der Waals surface area (Å²) in [5.74, 6) is 0.197. The van der Waals surface area contributed by atoms with Gasteiger partial charge >= 0.3 is 0 Å². The van der Waals surface area contributed by atoms with Crippen molar-refractivity contribution < 1.29 is 19.2 Å². The van der Waals surface area contributed by atoms with Crippen molar-refractivity contribution in [3.63, 3.8) is 0 Å². The van der Waals surface area contributed by atoms with Crippen LogP contribution in [0.2, 0.25) is 0 Å². The Kier molecular flexibility index (Phi) is 8.04. The Labute approximate surface area is 272 Å². The van der Waals surface area contributed by atoms with Gasteiger partial charge in [-0.3, -0.25) is 24.1 Å². The molecule has 4 aromatic rings. The predicted octanol–water partition coefficient (Wildman–Crippen LogP) is 3.72. The first-order valence-electron chi connectivity index (χ1n) is 16.1. The molecule has 1 aromatic carbocycles. The summed E-state index contributed by atoms with van der Waals surface area (Å²) in [7, 11) is 3.52. The highest BCUT2D eigenvalue weighted by Crippen LogP contribution is 2.35. The molecule has 3 aromatic heterocycles. The van der Waals surface area contributed by atoms with Crippen LogP contribution < -0.4 is 10.2 Å². The van der Waals surface area contributed by atoms with E-state index in [1.165, 1.54) is 4.90 Å². The molecule has 0 unspecified atom stereocenters. The van der Waals surface area contributed by atoms with Gasteiger partial charge in [0.15, 0.2) is 0 Å². The number of amides is 4. The number of piperazine rings is 1. The molecule has 13 heteroatoms. The minimum Gasteiger partial charge on any atom is -0.367 e. The number of rotatable bonds is 8. The Balaban J connectivity index is 0.957. The molecule has 13 nitrogen and oxygen atoms in total. The second-order valence-corrected chi connectivity index (χ2v) is 12.5. The van der Waals surface area contributed by atoms with Crippen molar-refractivity contribution in [1.82, 2.24) is 34.2 Å². The zero-order chi connectivity index (χ0) is 32.7. The molecule has 0 atom stereocenters. The van der Waals surface area contributed by atoms with Gasteiger partial charge in [0.25, 0.3) is 17.7 Å². The second-order valence-electron chi connectivity index (χ2n) is 12.5. The van der Waals surface area contributed by atoms with Crippen molar-refractivity contribution in [2.45, 2.75) is 38.1 Å². The summed E-state index contributed by atoms with van der Waals surface area (Å²) in [6.07, 6.45) is 7.94. The lowest BCUT2D eigenvalue weighted by Crippen LogP contribution is -2.49. The minimum absolute atomic E-state index is 0.0479. The first-order valence-corrected chi connectivity index (χ1v) is 16.1. The molecule has 242 valence electrons. The topological polar surface area (TPSA) is 137 Å². The van der Waals surface area contributed by atoms with Crippen LogP contribution in [0.5, 0.6) is 0 Å². The molecule has 5 heterocycles. The molecule has 1 aliphatic carbocycles. The average molecular weight is 636 g/mol. The summed E-state index contributed by atoms with van der Waals surface area (Å²) in [5.41, 5.74) is 3.10. The van der Waals surface area contributed by atoms with Gasteiger partial charge in [0, 0.05) is 70.9 Å². The standard InChI is InChI=1S/C34H37N9O4/c1-39(2)33(47)27-19-22-20-36-34(38-30(22)43(27)23-7-3-4-8-23)37-28-12-11-24(21-35-28)40-15-17-41(18-16-40)29(44)13-14-42-31(45)25-9-5-6-10-26(25)32(42)46/h5-6,9-12,19-21,23H,3-4,7-8,13-18H2,1-2H3,(H,35,36,37,38). The van der Waals surface area contributed by atoms with E-state index in [0.29, 0.717) is 54.8 Å². The van der Waals surface area contributed by atoms with E-state index in [1.54, 1.807) is 60.6 Å². The van der Waals surface area contributed by atoms with Gasteiger partial charge in [-0.15, -0.1) is 0 Å². The molecule has 1 N–H and O–H groups in total. The van der Waals surface area contributed by atoms with Crippen LogP contribution in [-0.2, 0) is 4.79 Å². The summed E-state index contributed by atoms with van der Waals surface area (Å²) in [6, 6.07) is 12.7. The zero-order valence-electron chi connectivity index (χ0n) is 26.6.